The maximum absolute atomic E-state index is 5.64. The Balaban J connectivity index is 2.11. The van der Waals surface area contributed by atoms with Gasteiger partial charge in [-0.2, -0.15) is 0 Å². The Morgan fingerprint density at radius 3 is 3.00 bits per heavy atom. The number of ether oxygens (including phenoxy) is 1. The van der Waals surface area contributed by atoms with Gasteiger partial charge in [0.1, 0.15) is 12.4 Å². The number of nitrogens with one attached hydrogen (secondary N) is 1. The van der Waals surface area contributed by atoms with E-state index in [2.05, 4.69) is 33.4 Å². The summed E-state index contributed by atoms with van der Waals surface area (Å²) in [4.78, 5) is 0. The van der Waals surface area contributed by atoms with E-state index in [9.17, 15) is 0 Å². The van der Waals surface area contributed by atoms with E-state index < -0.39 is 0 Å². The molecule has 1 aromatic rings. The van der Waals surface area contributed by atoms with Crippen molar-refractivity contribution in [2.75, 3.05) is 13.2 Å². The smallest absolute Gasteiger partial charge is 0.125 e. The Morgan fingerprint density at radius 2 is 2.31 bits per heavy atom. The van der Waals surface area contributed by atoms with Crippen molar-refractivity contribution in [3.05, 3.63) is 28.2 Å². The third-order valence-electron chi connectivity index (χ3n) is 2.95. The number of halogens is 1. The van der Waals surface area contributed by atoms with Gasteiger partial charge in [0, 0.05) is 10.0 Å². The van der Waals surface area contributed by atoms with E-state index in [1.807, 2.05) is 6.07 Å². The molecule has 2 aliphatic heterocycles. The number of fused-ring (bicyclic) bond motifs is 2. The van der Waals surface area contributed by atoms with Crippen molar-refractivity contribution >= 4 is 15.9 Å². The number of rotatable bonds is 0. The Bertz CT molecular complexity index is 360. The molecule has 1 spiro atoms. The van der Waals surface area contributed by atoms with Crippen molar-refractivity contribution in [3.63, 3.8) is 0 Å². The van der Waals surface area contributed by atoms with E-state index in [4.69, 9.17) is 4.74 Å². The van der Waals surface area contributed by atoms with Crippen LogP contribution >= 0.6 is 15.9 Å². The van der Waals surface area contributed by atoms with E-state index >= 15 is 0 Å². The van der Waals surface area contributed by atoms with Crippen molar-refractivity contribution in [1.82, 2.24) is 5.32 Å². The quantitative estimate of drug-likeness (QED) is 0.749. The molecule has 2 heterocycles. The molecule has 0 amide bonds. The zero-order valence-corrected chi connectivity index (χ0v) is 8.73. The lowest BCUT2D eigenvalue weighted by Gasteiger charge is -2.38. The highest BCUT2D eigenvalue weighted by atomic mass is 79.9. The SMILES string of the molecule is Brc1ccc2c(c1)OCC21CCN1. The maximum atomic E-state index is 5.64. The van der Waals surface area contributed by atoms with Crippen LogP contribution in [0.5, 0.6) is 5.75 Å². The van der Waals surface area contributed by atoms with Crippen LogP contribution in [0.15, 0.2) is 22.7 Å². The fourth-order valence-corrected chi connectivity index (χ4v) is 2.41. The zero-order chi connectivity index (χ0) is 8.89. The Kier molecular flexibility index (Phi) is 1.50. The molecule has 1 saturated heterocycles. The van der Waals surface area contributed by atoms with Crippen LogP contribution in [0.1, 0.15) is 12.0 Å². The fraction of sp³-hybridized carbons (Fsp3) is 0.400. The molecule has 2 nitrogen and oxygen atoms in total. The normalized spacial score (nSPS) is 29.6. The van der Waals surface area contributed by atoms with Crippen LogP contribution in [0.2, 0.25) is 0 Å². The molecule has 0 saturated carbocycles. The van der Waals surface area contributed by atoms with Crippen LogP contribution in [0.25, 0.3) is 0 Å². The summed E-state index contributed by atoms with van der Waals surface area (Å²) in [5.74, 6) is 1.03. The van der Waals surface area contributed by atoms with Gasteiger partial charge >= 0.3 is 0 Å². The van der Waals surface area contributed by atoms with Gasteiger partial charge in [-0.1, -0.05) is 22.0 Å². The average molecular weight is 240 g/mol. The number of benzene rings is 1. The first kappa shape index (κ1) is 7.83. The number of hydrogen-bond donors (Lipinski definition) is 1. The molecular formula is C10H10BrNO. The lowest BCUT2D eigenvalue weighted by Crippen LogP contribution is -2.55. The monoisotopic (exact) mass is 239 g/mol. The van der Waals surface area contributed by atoms with E-state index in [1.54, 1.807) is 0 Å². The molecule has 2 aliphatic rings. The second kappa shape index (κ2) is 2.49. The molecule has 13 heavy (non-hydrogen) atoms. The predicted molar refractivity (Wildman–Crippen MR) is 53.9 cm³/mol. The summed E-state index contributed by atoms with van der Waals surface area (Å²) in [5.41, 5.74) is 1.47. The highest BCUT2D eigenvalue weighted by Gasteiger charge is 2.45. The van der Waals surface area contributed by atoms with Crippen LogP contribution in [-0.4, -0.2) is 13.2 Å². The molecule has 1 unspecified atom stereocenters. The molecule has 0 radical (unpaired) electrons. The minimum Gasteiger partial charge on any atom is -0.491 e. The Morgan fingerprint density at radius 1 is 1.46 bits per heavy atom. The van der Waals surface area contributed by atoms with Crippen molar-refractivity contribution in [3.8, 4) is 5.75 Å². The van der Waals surface area contributed by atoms with Gasteiger partial charge < -0.3 is 10.1 Å². The van der Waals surface area contributed by atoms with Crippen molar-refractivity contribution in [2.45, 2.75) is 12.0 Å². The molecule has 0 aromatic heterocycles. The summed E-state index contributed by atoms with van der Waals surface area (Å²) >= 11 is 3.44. The predicted octanol–water partition coefficient (Wildman–Crippen LogP) is 2.03. The lowest BCUT2D eigenvalue weighted by molar-refractivity contribution is 0.154. The maximum Gasteiger partial charge on any atom is 0.125 e. The van der Waals surface area contributed by atoms with E-state index in [-0.39, 0.29) is 5.54 Å². The van der Waals surface area contributed by atoms with Gasteiger partial charge in [-0.15, -0.1) is 0 Å². The van der Waals surface area contributed by atoms with Gasteiger partial charge in [-0.3, -0.25) is 0 Å². The largest absolute Gasteiger partial charge is 0.491 e. The molecule has 1 fully saturated rings. The summed E-state index contributed by atoms with van der Waals surface area (Å²) in [5, 5.41) is 3.46. The average Bonchev–Trinajstić information content (AvgIpc) is 2.41. The second-order valence-electron chi connectivity index (χ2n) is 3.69. The van der Waals surface area contributed by atoms with Gasteiger partial charge in [0.05, 0.1) is 5.54 Å². The molecule has 1 aromatic carbocycles. The molecule has 1 atom stereocenters. The van der Waals surface area contributed by atoms with Gasteiger partial charge in [0.2, 0.25) is 0 Å². The summed E-state index contributed by atoms with van der Waals surface area (Å²) < 4.78 is 6.73. The number of hydrogen-bond acceptors (Lipinski definition) is 2. The molecule has 0 aliphatic carbocycles. The van der Waals surface area contributed by atoms with E-state index in [0.29, 0.717) is 0 Å². The topological polar surface area (TPSA) is 21.3 Å². The second-order valence-corrected chi connectivity index (χ2v) is 4.60. The highest BCUT2D eigenvalue weighted by molar-refractivity contribution is 9.10. The van der Waals surface area contributed by atoms with Crippen LogP contribution in [0.4, 0.5) is 0 Å². The van der Waals surface area contributed by atoms with Gasteiger partial charge in [0.15, 0.2) is 0 Å². The van der Waals surface area contributed by atoms with Gasteiger partial charge in [0.25, 0.3) is 0 Å². The summed E-state index contributed by atoms with van der Waals surface area (Å²) in [7, 11) is 0. The van der Waals surface area contributed by atoms with Crippen LogP contribution in [0, 0.1) is 0 Å². The lowest BCUT2D eigenvalue weighted by atomic mass is 9.83. The van der Waals surface area contributed by atoms with Crippen LogP contribution < -0.4 is 10.1 Å². The molecular weight excluding hydrogens is 230 g/mol. The molecule has 0 bridgehead atoms. The fourth-order valence-electron chi connectivity index (χ4n) is 2.07. The van der Waals surface area contributed by atoms with Crippen molar-refractivity contribution in [2.24, 2.45) is 0 Å². The molecule has 3 rings (SSSR count). The third kappa shape index (κ3) is 0.973. The molecule has 3 heteroatoms. The van der Waals surface area contributed by atoms with Gasteiger partial charge in [-0.25, -0.2) is 0 Å². The van der Waals surface area contributed by atoms with Crippen LogP contribution in [-0.2, 0) is 5.54 Å². The standard InChI is InChI=1S/C10H10BrNO/c11-7-1-2-8-9(5-7)13-6-10(8)3-4-12-10/h1-2,5,12H,3-4,6H2. The first-order valence-electron chi connectivity index (χ1n) is 4.48. The van der Waals surface area contributed by atoms with E-state index in [1.165, 1.54) is 12.0 Å². The zero-order valence-electron chi connectivity index (χ0n) is 7.14. The van der Waals surface area contributed by atoms with Crippen molar-refractivity contribution in [1.29, 1.82) is 0 Å². The minimum atomic E-state index is 0.149. The Hall–Kier alpha value is -0.540. The van der Waals surface area contributed by atoms with Crippen molar-refractivity contribution < 1.29 is 4.74 Å². The summed E-state index contributed by atoms with van der Waals surface area (Å²) in [6.45, 7) is 1.90. The molecule has 68 valence electrons. The van der Waals surface area contributed by atoms with E-state index in [0.717, 1.165) is 23.4 Å². The highest BCUT2D eigenvalue weighted by Crippen LogP contribution is 2.43. The third-order valence-corrected chi connectivity index (χ3v) is 3.44. The Labute approximate surface area is 85.4 Å². The molecule has 1 N–H and O–H groups in total. The van der Waals surface area contributed by atoms with Crippen LogP contribution in [0.3, 0.4) is 0 Å². The summed E-state index contributed by atoms with van der Waals surface area (Å²) in [6.07, 6.45) is 1.20. The minimum absolute atomic E-state index is 0.149. The first-order valence-corrected chi connectivity index (χ1v) is 5.27. The van der Waals surface area contributed by atoms with Gasteiger partial charge in [-0.05, 0) is 25.1 Å². The first-order chi connectivity index (χ1) is 6.30. The summed E-state index contributed by atoms with van der Waals surface area (Å²) in [6, 6.07) is 6.28.